The van der Waals surface area contributed by atoms with Crippen LogP contribution in [0.3, 0.4) is 0 Å². The fourth-order valence-electron chi connectivity index (χ4n) is 3.06. The molecule has 4 nitrogen and oxygen atoms in total. The van der Waals surface area contributed by atoms with E-state index in [0.29, 0.717) is 29.3 Å². The molecule has 0 aliphatic heterocycles. The lowest BCUT2D eigenvalue weighted by Gasteiger charge is -2.06. The quantitative estimate of drug-likeness (QED) is 0.482. The van der Waals surface area contributed by atoms with Crippen molar-refractivity contribution < 1.29 is 13.6 Å². The molecule has 0 saturated heterocycles. The fraction of sp³-hybridized carbons (Fsp3) is 0.190. The molecule has 0 unspecified atom stereocenters. The van der Waals surface area contributed by atoms with E-state index in [1.165, 1.54) is 6.07 Å². The van der Waals surface area contributed by atoms with Crippen LogP contribution in [0.1, 0.15) is 18.1 Å². The molecule has 126 valence electrons. The third-order valence-corrected chi connectivity index (χ3v) is 4.43. The molecule has 0 spiro atoms. The van der Waals surface area contributed by atoms with Crippen LogP contribution in [0.25, 0.3) is 33.3 Å². The summed E-state index contributed by atoms with van der Waals surface area (Å²) in [6.07, 6.45) is 0. The highest BCUT2D eigenvalue weighted by molar-refractivity contribution is 5.96. The first kappa shape index (κ1) is 15.5. The summed E-state index contributed by atoms with van der Waals surface area (Å²) in [6.45, 7) is 6.53. The van der Waals surface area contributed by atoms with Crippen LogP contribution >= 0.6 is 0 Å². The Bertz CT molecular complexity index is 1150. The van der Waals surface area contributed by atoms with Crippen molar-refractivity contribution in [1.29, 1.82) is 0 Å². The minimum Gasteiger partial charge on any atom is -0.490 e. The summed E-state index contributed by atoms with van der Waals surface area (Å²) in [5.74, 6) is 1.33. The molecule has 0 aliphatic carbocycles. The number of rotatable bonds is 3. The first-order chi connectivity index (χ1) is 12.1. The summed E-state index contributed by atoms with van der Waals surface area (Å²) in [7, 11) is 0. The van der Waals surface area contributed by atoms with Gasteiger partial charge in [-0.1, -0.05) is 12.1 Å². The molecule has 4 heteroatoms. The maximum atomic E-state index is 12.0. The highest BCUT2D eigenvalue weighted by atomic mass is 16.5. The summed E-state index contributed by atoms with van der Waals surface area (Å²) in [5, 5.41) is 1.80. The van der Waals surface area contributed by atoms with E-state index in [2.05, 4.69) is 0 Å². The van der Waals surface area contributed by atoms with Crippen LogP contribution in [-0.4, -0.2) is 6.61 Å². The van der Waals surface area contributed by atoms with Gasteiger partial charge in [-0.15, -0.1) is 0 Å². The number of fused-ring (bicyclic) bond motifs is 2. The predicted octanol–water partition coefficient (Wildman–Crippen LogP) is 5.22. The van der Waals surface area contributed by atoms with Crippen LogP contribution < -0.4 is 10.4 Å². The SMILES string of the molecule is CCOc1cccc2cc(-c3cc(=O)oc4cc(C)c(C)cc34)oc12. The van der Waals surface area contributed by atoms with Gasteiger partial charge in [0.1, 0.15) is 11.3 Å². The Morgan fingerprint density at radius 1 is 1.00 bits per heavy atom. The number of hydrogen-bond acceptors (Lipinski definition) is 4. The van der Waals surface area contributed by atoms with Crippen molar-refractivity contribution in [2.75, 3.05) is 6.61 Å². The van der Waals surface area contributed by atoms with Crippen LogP contribution in [-0.2, 0) is 0 Å². The molecular formula is C21H18O4. The van der Waals surface area contributed by atoms with Crippen LogP contribution in [0.4, 0.5) is 0 Å². The Hall–Kier alpha value is -3.01. The van der Waals surface area contributed by atoms with Gasteiger partial charge in [0.05, 0.1) is 6.61 Å². The minimum absolute atomic E-state index is 0.392. The molecule has 2 aromatic carbocycles. The zero-order chi connectivity index (χ0) is 17.6. The van der Waals surface area contributed by atoms with Crippen molar-refractivity contribution >= 4 is 21.9 Å². The lowest BCUT2D eigenvalue weighted by molar-refractivity contribution is 0.339. The molecule has 0 N–H and O–H groups in total. The molecule has 2 heterocycles. The number of ether oxygens (including phenoxy) is 1. The lowest BCUT2D eigenvalue weighted by atomic mass is 10.0. The zero-order valence-corrected chi connectivity index (χ0v) is 14.4. The van der Waals surface area contributed by atoms with Crippen LogP contribution in [0.2, 0.25) is 0 Å². The smallest absolute Gasteiger partial charge is 0.336 e. The van der Waals surface area contributed by atoms with Crippen molar-refractivity contribution in [3.8, 4) is 17.1 Å². The van der Waals surface area contributed by atoms with Gasteiger partial charge in [-0.3, -0.25) is 0 Å². The van der Waals surface area contributed by atoms with Gasteiger partial charge in [-0.05, 0) is 56.2 Å². The van der Waals surface area contributed by atoms with Crippen LogP contribution in [0.15, 0.2) is 56.1 Å². The van der Waals surface area contributed by atoms with Gasteiger partial charge in [0, 0.05) is 22.4 Å². The maximum Gasteiger partial charge on any atom is 0.336 e. The van der Waals surface area contributed by atoms with Gasteiger partial charge in [0.15, 0.2) is 11.3 Å². The van der Waals surface area contributed by atoms with Crippen molar-refractivity contribution in [3.05, 3.63) is 64.0 Å². The van der Waals surface area contributed by atoms with E-state index in [-0.39, 0.29) is 0 Å². The normalized spacial score (nSPS) is 11.3. The molecule has 4 rings (SSSR count). The van der Waals surface area contributed by atoms with Crippen molar-refractivity contribution in [2.24, 2.45) is 0 Å². The van der Waals surface area contributed by atoms with E-state index in [1.807, 2.05) is 57.2 Å². The maximum absolute atomic E-state index is 12.0. The zero-order valence-electron chi connectivity index (χ0n) is 14.4. The van der Waals surface area contributed by atoms with Gasteiger partial charge in [0.25, 0.3) is 0 Å². The van der Waals surface area contributed by atoms with Crippen molar-refractivity contribution in [3.63, 3.8) is 0 Å². The molecule has 4 aromatic rings. The number of hydrogen-bond donors (Lipinski definition) is 0. The van der Waals surface area contributed by atoms with E-state index in [1.54, 1.807) is 0 Å². The second-order valence-corrected chi connectivity index (χ2v) is 6.13. The topological polar surface area (TPSA) is 52.6 Å². The first-order valence-corrected chi connectivity index (χ1v) is 8.27. The van der Waals surface area contributed by atoms with Gasteiger partial charge in [-0.2, -0.15) is 0 Å². The second kappa shape index (κ2) is 5.81. The molecule has 0 aliphatic rings. The summed E-state index contributed by atoms with van der Waals surface area (Å²) < 4.78 is 17.1. The average molecular weight is 334 g/mol. The molecule has 0 atom stereocenters. The van der Waals surface area contributed by atoms with E-state index >= 15 is 0 Å². The molecule has 0 fully saturated rings. The van der Waals surface area contributed by atoms with Gasteiger partial charge < -0.3 is 13.6 Å². The van der Waals surface area contributed by atoms with Gasteiger partial charge in [0.2, 0.25) is 0 Å². The molecule has 0 amide bonds. The van der Waals surface area contributed by atoms with Crippen LogP contribution in [0, 0.1) is 13.8 Å². The number of para-hydroxylation sites is 1. The first-order valence-electron chi connectivity index (χ1n) is 8.27. The predicted molar refractivity (Wildman–Crippen MR) is 98.3 cm³/mol. The Morgan fingerprint density at radius 3 is 2.60 bits per heavy atom. The average Bonchev–Trinajstić information content (AvgIpc) is 3.01. The Balaban J connectivity index is 2.01. The largest absolute Gasteiger partial charge is 0.490 e. The summed E-state index contributed by atoms with van der Waals surface area (Å²) >= 11 is 0. The molecule has 0 saturated carbocycles. The monoisotopic (exact) mass is 334 g/mol. The Kier molecular flexibility index (Phi) is 3.61. The molecule has 25 heavy (non-hydrogen) atoms. The number of aryl methyl sites for hydroxylation is 2. The van der Waals surface area contributed by atoms with Crippen LogP contribution in [0.5, 0.6) is 5.75 Å². The molecule has 0 radical (unpaired) electrons. The minimum atomic E-state index is -0.392. The number of benzene rings is 2. The number of furan rings is 1. The third kappa shape index (κ3) is 2.60. The molecule has 2 aromatic heterocycles. The second-order valence-electron chi connectivity index (χ2n) is 6.13. The standard InChI is InChI=1S/C21H18O4/c1-4-23-17-7-5-6-14-10-19(25-21(14)17)16-11-20(22)24-18-9-13(3)12(2)8-15(16)18/h5-11H,4H2,1-3H3. The third-order valence-electron chi connectivity index (χ3n) is 4.43. The lowest BCUT2D eigenvalue weighted by Crippen LogP contribution is -1.98. The van der Waals surface area contributed by atoms with Crippen molar-refractivity contribution in [2.45, 2.75) is 20.8 Å². The highest BCUT2D eigenvalue weighted by Gasteiger charge is 2.15. The van der Waals surface area contributed by atoms with E-state index in [0.717, 1.165) is 27.5 Å². The Labute approximate surface area is 144 Å². The summed E-state index contributed by atoms with van der Waals surface area (Å²) in [5.41, 5.74) is 3.80. The summed E-state index contributed by atoms with van der Waals surface area (Å²) in [4.78, 5) is 12.0. The Morgan fingerprint density at radius 2 is 1.80 bits per heavy atom. The van der Waals surface area contributed by atoms with E-state index < -0.39 is 5.63 Å². The van der Waals surface area contributed by atoms with Crippen molar-refractivity contribution in [1.82, 2.24) is 0 Å². The van der Waals surface area contributed by atoms with E-state index in [9.17, 15) is 4.79 Å². The fourth-order valence-corrected chi connectivity index (χ4v) is 3.06. The highest BCUT2D eigenvalue weighted by Crippen LogP contribution is 2.36. The van der Waals surface area contributed by atoms with Gasteiger partial charge in [-0.25, -0.2) is 4.79 Å². The molecular weight excluding hydrogens is 316 g/mol. The van der Waals surface area contributed by atoms with E-state index in [4.69, 9.17) is 13.6 Å². The van der Waals surface area contributed by atoms with Gasteiger partial charge >= 0.3 is 5.63 Å². The molecule has 0 bridgehead atoms. The summed E-state index contributed by atoms with van der Waals surface area (Å²) in [6, 6.07) is 13.1.